The third-order valence-corrected chi connectivity index (χ3v) is 13.4. The van der Waals surface area contributed by atoms with Gasteiger partial charge in [0.25, 0.3) is 0 Å². The zero-order valence-corrected chi connectivity index (χ0v) is 36.4. The second-order valence-corrected chi connectivity index (χ2v) is 17.1. The average molecular weight is 853 g/mol. The fourth-order valence-corrected chi connectivity index (χ4v) is 10.7. The van der Waals surface area contributed by atoms with E-state index in [0.717, 1.165) is 50.3 Å². The van der Waals surface area contributed by atoms with Gasteiger partial charge in [-0.15, -0.1) is 0 Å². The van der Waals surface area contributed by atoms with Gasteiger partial charge in [0.2, 0.25) is 0 Å². The van der Waals surface area contributed by atoms with Gasteiger partial charge in [0.05, 0.1) is 28.7 Å². The zero-order valence-electron chi connectivity index (χ0n) is 36.4. The molecule has 0 bridgehead atoms. The van der Waals surface area contributed by atoms with E-state index in [-0.39, 0.29) is 0 Å². The summed E-state index contributed by atoms with van der Waals surface area (Å²) in [4.78, 5) is 4.48. The minimum absolute atomic E-state index is 0.608. The highest BCUT2D eigenvalue weighted by molar-refractivity contribution is 6.20. The number of hydrogen-bond donors (Lipinski definition) is 0. The first-order chi connectivity index (χ1) is 33.1. The molecule has 0 saturated carbocycles. The summed E-state index contributed by atoms with van der Waals surface area (Å²) in [6, 6.07) is 90.6. The number of benzene rings is 11. The van der Waals surface area contributed by atoms with Crippen LogP contribution in [0, 0.1) is 22.7 Å². The summed E-state index contributed by atoms with van der Waals surface area (Å²) >= 11 is 0. The molecule has 4 heteroatoms. The summed E-state index contributed by atoms with van der Waals surface area (Å²) in [5, 5.41) is 26.9. The van der Waals surface area contributed by atoms with E-state index >= 15 is 0 Å². The number of hydrogen-bond acceptors (Lipinski definition) is 4. The Balaban J connectivity index is 1.17. The van der Waals surface area contributed by atoms with Crippen molar-refractivity contribution in [3.05, 3.63) is 276 Å². The van der Waals surface area contributed by atoms with Crippen LogP contribution >= 0.6 is 0 Å². The van der Waals surface area contributed by atoms with Gasteiger partial charge in [-0.3, -0.25) is 0 Å². The zero-order chi connectivity index (χ0) is 44.9. The third-order valence-electron chi connectivity index (χ3n) is 13.4. The van der Waals surface area contributed by atoms with Crippen LogP contribution in [0.2, 0.25) is 0 Å². The van der Waals surface area contributed by atoms with Crippen LogP contribution in [-0.4, -0.2) is 0 Å². The maximum absolute atomic E-state index is 9.98. The Bertz CT molecular complexity index is 3740. The maximum Gasteiger partial charge on any atom is 0.0992 e. The van der Waals surface area contributed by atoms with Crippen LogP contribution in [0.4, 0.5) is 34.1 Å². The molecular weight excluding hydrogens is 813 g/mol. The number of nitriles is 2. The number of anilines is 6. The first kappa shape index (κ1) is 39.4. The van der Waals surface area contributed by atoms with Gasteiger partial charge in [0.15, 0.2) is 0 Å². The molecule has 4 nitrogen and oxygen atoms in total. The van der Waals surface area contributed by atoms with E-state index in [9.17, 15) is 10.5 Å². The first-order valence-electron chi connectivity index (χ1n) is 22.5. The summed E-state index contributed by atoms with van der Waals surface area (Å²) in [6.45, 7) is 0. The van der Waals surface area contributed by atoms with Gasteiger partial charge in [0.1, 0.15) is 0 Å². The van der Waals surface area contributed by atoms with Crippen LogP contribution in [0.25, 0.3) is 43.4 Å². The molecule has 0 N–H and O–H groups in total. The van der Waals surface area contributed by atoms with Gasteiger partial charge < -0.3 is 9.80 Å². The van der Waals surface area contributed by atoms with Crippen LogP contribution in [0.3, 0.4) is 0 Å². The lowest BCUT2D eigenvalue weighted by Crippen LogP contribution is -2.29. The van der Waals surface area contributed by atoms with E-state index in [1.807, 2.05) is 48.5 Å². The van der Waals surface area contributed by atoms with Gasteiger partial charge in [-0.2, -0.15) is 10.5 Å². The standard InChI is InChI=1S/C63H40N4/c64-41-43-17-15-27-51(35-43)66(49-23-9-3-10-24-49)53-32-31-45-38-59-60(39-46(45)37-53)63(47-19-5-1-6-20-47,48-21-7-2-8-22-48)62-57-34-33-54(40-58(57)55-29-13-14-30-56(55)61(59)62)67(50-25-11-4-12-26-50)52-28-16-18-44(36-52)42-65/h1-40H. The molecule has 67 heavy (non-hydrogen) atoms. The summed E-state index contributed by atoms with van der Waals surface area (Å²) in [5.41, 5.74) is 13.7. The van der Waals surface area contributed by atoms with Crippen LogP contribution < -0.4 is 9.80 Å². The third kappa shape index (κ3) is 6.35. The summed E-state index contributed by atoms with van der Waals surface area (Å²) in [7, 11) is 0. The van der Waals surface area contributed by atoms with E-state index in [4.69, 9.17) is 0 Å². The lowest BCUT2D eigenvalue weighted by molar-refractivity contribution is 0.777. The number of fused-ring (bicyclic) bond motifs is 9. The molecule has 0 atom stereocenters. The number of para-hydroxylation sites is 2. The van der Waals surface area contributed by atoms with Crippen LogP contribution in [0.15, 0.2) is 243 Å². The van der Waals surface area contributed by atoms with E-state index in [1.54, 1.807) is 0 Å². The molecule has 0 fully saturated rings. The minimum atomic E-state index is -0.707. The Hall–Kier alpha value is -9.22. The quantitative estimate of drug-likeness (QED) is 0.143. The fourth-order valence-electron chi connectivity index (χ4n) is 10.7. The van der Waals surface area contributed by atoms with Crippen molar-refractivity contribution in [3.8, 4) is 23.3 Å². The molecule has 0 spiro atoms. The molecule has 11 aromatic rings. The second-order valence-electron chi connectivity index (χ2n) is 17.1. The minimum Gasteiger partial charge on any atom is -0.310 e. The number of rotatable bonds is 8. The summed E-state index contributed by atoms with van der Waals surface area (Å²) in [5.74, 6) is 0. The molecule has 0 radical (unpaired) electrons. The molecule has 0 saturated heterocycles. The van der Waals surface area contributed by atoms with Crippen molar-refractivity contribution in [2.45, 2.75) is 5.41 Å². The summed E-state index contributed by atoms with van der Waals surface area (Å²) in [6.07, 6.45) is 0. The Morgan fingerprint density at radius 2 is 0.806 bits per heavy atom. The SMILES string of the molecule is N#Cc1cccc(N(c2ccccc2)c2ccc3cc4c(cc3c2)C(c2ccccc2)(c2ccccc2)c2c-4c3ccccc3c3cc(N(c4ccccc4)c4cccc(C#N)c4)ccc23)c1. The van der Waals surface area contributed by atoms with Crippen molar-refractivity contribution < 1.29 is 0 Å². The molecule has 12 rings (SSSR count). The molecule has 0 unspecified atom stereocenters. The Kier molecular flexibility index (Phi) is 9.46. The van der Waals surface area contributed by atoms with Crippen molar-refractivity contribution in [2.24, 2.45) is 0 Å². The van der Waals surface area contributed by atoms with Crippen LogP contribution in [-0.2, 0) is 5.41 Å². The van der Waals surface area contributed by atoms with Crippen LogP contribution in [0.1, 0.15) is 33.4 Å². The van der Waals surface area contributed by atoms with Gasteiger partial charge >= 0.3 is 0 Å². The van der Waals surface area contributed by atoms with E-state index in [0.29, 0.717) is 11.1 Å². The van der Waals surface area contributed by atoms with Crippen molar-refractivity contribution >= 4 is 66.4 Å². The molecule has 0 aliphatic heterocycles. The van der Waals surface area contributed by atoms with Crippen LogP contribution in [0.5, 0.6) is 0 Å². The Morgan fingerprint density at radius 3 is 1.37 bits per heavy atom. The maximum atomic E-state index is 9.98. The van der Waals surface area contributed by atoms with Crippen molar-refractivity contribution in [1.82, 2.24) is 0 Å². The molecule has 0 heterocycles. The van der Waals surface area contributed by atoms with Gasteiger partial charge in [-0.05, 0) is 163 Å². The van der Waals surface area contributed by atoms with Gasteiger partial charge in [0, 0.05) is 34.1 Å². The Morgan fingerprint density at radius 1 is 0.328 bits per heavy atom. The molecule has 1 aliphatic rings. The van der Waals surface area contributed by atoms with Crippen molar-refractivity contribution in [2.75, 3.05) is 9.80 Å². The molecule has 11 aromatic carbocycles. The van der Waals surface area contributed by atoms with E-state index < -0.39 is 5.41 Å². The highest BCUT2D eigenvalue weighted by Gasteiger charge is 2.48. The molecule has 1 aliphatic carbocycles. The van der Waals surface area contributed by atoms with Crippen molar-refractivity contribution in [3.63, 3.8) is 0 Å². The first-order valence-corrected chi connectivity index (χ1v) is 22.5. The summed E-state index contributed by atoms with van der Waals surface area (Å²) < 4.78 is 0. The second kappa shape index (κ2) is 16.1. The lowest BCUT2D eigenvalue weighted by Gasteiger charge is -2.35. The van der Waals surface area contributed by atoms with E-state index in [2.05, 4.69) is 216 Å². The van der Waals surface area contributed by atoms with E-state index in [1.165, 1.54) is 49.5 Å². The normalized spacial score (nSPS) is 12.3. The predicted octanol–water partition coefficient (Wildman–Crippen LogP) is 16.2. The fraction of sp³-hybridized carbons (Fsp3) is 0.0159. The number of nitrogens with zero attached hydrogens (tertiary/aromatic N) is 4. The monoisotopic (exact) mass is 852 g/mol. The van der Waals surface area contributed by atoms with Gasteiger partial charge in [-0.25, -0.2) is 0 Å². The topological polar surface area (TPSA) is 54.1 Å². The lowest BCUT2D eigenvalue weighted by atomic mass is 9.66. The Labute approximate surface area is 389 Å². The largest absolute Gasteiger partial charge is 0.310 e. The molecular formula is C63H40N4. The smallest absolute Gasteiger partial charge is 0.0992 e. The molecule has 0 amide bonds. The highest BCUT2D eigenvalue weighted by atomic mass is 15.1. The average Bonchev–Trinajstić information content (AvgIpc) is 3.70. The van der Waals surface area contributed by atoms with Gasteiger partial charge in [-0.1, -0.05) is 146 Å². The molecule has 0 aromatic heterocycles. The van der Waals surface area contributed by atoms with Crippen molar-refractivity contribution in [1.29, 1.82) is 10.5 Å². The highest BCUT2D eigenvalue weighted by Crippen LogP contribution is 2.61. The molecule has 312 valence electrons. The predicted molar refractivity (Wildman–Crippen MR) is 275 cm³/mol.